The lowest BCUT2D eigenvalue weighted by Crippen LogP contribution is -1.99. The number of hydrogen-bond donors (Lipinski definition) is 4. The van der Waals surface area contributed by atoms with Gasteiger partial charge in [-0.25, -0.2) is 0 Å². The van der Waals surface area contributed by atoms with Crippen molar-refractivity contribution in [3.8, 4) is 5.75 Å². The molecule has 28 heavy (non-hydrogen) atoms. The second-order valence-electron chi connectivity index (χ2n) is 5.69. The van der Waals surface area contributed by atoms with E-state index in [2.05, 4.69) is 10.2 Å². The lowest BCUT2D eigenvalue weighted by molar-refractivity contribution is 0.480. The van der Waals surface area contributed by atoms with Crippen molar-refractivity contribution in [2.75, 3.05) is 5.73 Å². The Morgan fingerprint density at radius 2 is 1.46 bits per heavy atom. The highest BCUT2D eigenvalue weighted by molar-refractivity contribution is 7.86. The molecule has 0 unspecified atom stereocenters. The van der Waals surface area contributed by atoms with Crippen LogP contribution in [0.3, 0.4) is 0 Å². The van der Waals surface area contributed by atoms with Gasteiger partial charge in [0.25, 0.3) is 20.2 Å². The van der Waals surface area contributed by atoms with E-state index >= 15 is 0 Å². The van der Waals surface area contributed by atoms with Crippen molar-refractivity contribution >= 4 is 48.1 Å². The maximum atomic E-state index is 11.4. The molecular weight excluding hydrogens is 410 g/mol. The molecule has 0 aromatic heterocycles. The van der Waals surface area contributed by atoms with E-state index in [-0.39, 0.29) is 33.1 Å². The number of nitrogens with two attached hydrogens (primary N) is 1. The summed E-state index contributed by atoms with van der Waals surface area (Å²) in [6.45, 7) is 0. The van der Waals surface area contributed by atoms with Crippen LogP contribution in [-0.2, 0) is 20.2 Å². The Bertz CT molecular complexity index is 1330. The van der Waals surface area contributed by atoms with Gasteiger partial charge in [0.15, 0.2) is 5.75 Å². The van der Waals surface area contributed by atoms with E-state index in [4.69, 9.17) is 10.3 Å². The molecule has 0 saturated heterocycles. The van der Waals surface area contributed by atoms with Gasteiger partial charge in [-0.2, -0.15) is 16.8 Å². The van der Waals surface area contributed by atoms with Crippen LogP contribution in [0.5, 0.6) is 5.75 Å². The quantitative estimate of drug-likeness (QED) is 0.281. The molecule has 0 amide bonds. The highest BCUT2D eigenvalue weighted by atomic mass is 32.2. The van der Waals surface area contributed by atoms with Crippen molar-refractivity contribution in [2.24, 2.45) is 10.2 Å². The minimum atomic E-state index is -4.57. The number of azo groups is 1. The van der Waals surface area contributed by atoms with Crippen molar-refractivity contribution in [3.63, 3.8) is 0 Å². The summed E-state index contributed by atoms with van der Waals surface area (Å²) < 4.78 is 63.6. The minimum absolute atomic E-state index is 0.0455. The molecule has 0 fully saturated rings. The van der Waals surface area contributed by atoms with Gasteiger partial charge >= 0.3 is 0 Å². The monoisotopic (exact) mass is 423 g/mol. The number of rotatable bonds is 4. The number of fused-ring (bicyclic) bond motifs is 1. The molecule has 0 aliphatic carbocycles. The largest absolute Gasteiger partial charge is 0.505 e. The van der Waals surface area contributed by atoms with Crippen molar-refractivity contribution in [1.29, 1.82) is 0 Å². The van der Waals surface area contributed by atoms with Gasteiger partial charge in [-0.3, -0.25) is 9.11 Å². The molecule has 0 saturated carbocycles. The summed E-state index contributed by atoms with van der Waals surface area (Å²) in [4.78, 5) is -0.852. The summed E-state index contributed by atoms with van der Waals surface area (Å²) in [5.74, 6) is -0.347. The molecule has 3 aromatic carbocycles. The van der Waals surface area contributed by atoms with E-state index in [1.807, 2.05) is 0 Å². The third-order valence-electron chi connectivity index (χ3n) is 3.77. The standard InChI is InChI=1S/C16H13N3O7S2/c17-10-2-6-15(28(24,25)26)14(8-10)19-18-13-5-1-9-7-11(27(21,22)23)3-4-12(9)16(13)20/h1-8,20H,17H2,(H,21,22,23)(H,24,25,26). The Hall–Kier alpha value is -3.06. The maximum Gasteiger partial charge on any atom is 0.296 e. The zero-order chi connectivity index (χ0) is 20.7. The highest BCUT2D eigenvalue weighted by Gasteiger charge is 2.16. The number of phenolic OH excluding ortho intramolecular Hbond substituents is 1. The Labute approximate surface area is 159 Å². The highest BCUT2D eigenvalue weighted by Crippen LogP contribution is 2.37. The van der Waals surface area contributed by atoms with Gasteiger partial charge in [-0.15, -0.1) is 10.2 Å². The van der Waals surface area contributed by atoms with Crippen LogP contribution in [-0.4, -0.2) is 31.0 Å². The van der Waals surface area contributed by atoms with Crippen LogP contribution >= 0.6 is 0 Å². The lowest BCUT2D eigenvalue weighted by atomic mass is 10.1. The SMILES string of the molecule is Nc1ccc(S(=O)(=O)O)c(N=Nc2ccc3cc(S(=O)(=O)O)ccc3c2O)c1. The Morgan fingerprint density at radius 3 is 2.11 bits per heavy atom. The zero-order valence-corrected chi connectivity index (χ0v) is 15.5. The van der Waals surface area contributed by atoms with Gasteiger partial charge < -0.3 is 10.8 Å². The third kappa shape index (κ3) is 3.94. The maximum absolute atomic E-state index is 11.4. The Morgan fingerprint density at radius 1 is 0.786 bits per heavy atom. The average Bonchev–Trinajstić information content (AvgIpc) is 2.59. The van der Waals surface area contributed by atoms with Crippen LogP contribution in [0.4, 0.5) is 17.1 Å². The van der Waals surface area contributed by atoms with Crippen molar-refractivity contribution in [1.82, 2.24) is 0 Å². The fourth-order valence-corrected chi connectivity index (χ4v) is 3.58. The number of anilines is 1. The van der Waals surface area contributed by atoms with E-state index in [1.165, 1.54) is 36.4 Å². The summed E-state index contributed by atoms with van der Waals surface area (Å²) in [7, 11) is -8.97. The number of nitrogens with zero attached hydrogens (tertiary/aromatic N) is 2. The molecule has 3 aromatic rings. The zero-order valence-electron chi connectivity index (χ0n) is 13.9. The molecule has 3 rings (SSSR count). The summed E-state index contributed by atoms with van der Waals surface area (Å²) >= 11 is 0. The van der Waals surface area contributed by atoms with Crippen LogP contribution in [0, 0.1) is 0 Å². The van der Waals surface area contributed by atoms with Gasteiger partial charge in [0, 0.05) is 11.1 Å². The first-order valence-corrected chi connectivity index (χ1v) is 10.4. The first kappa shape index (κ1) is 19.7. The molecule has 5 N–H and O–H groups in total. The smallest absolute Gasteiger partial charge is 0.296 e. The number of nitrogen functional groups attached to an aromatic ring is 1. The molecule has 0 heterocycles. The van der Waals surface area contributed by atoms with Gasteiger partial charge in [0.05, 0.1) is 4.90 Å². The van der Waals surface area contributed by atoms with E-state index in [0.29, 0.717) is 5.39 Å². The van der Waals surface area contributed by atoms with Crippen LogP contribution in [0.1, 0.15) is 0 Å². The molecule has 146 valence electrons. The van der Waals surface area contributed by atoms with Crippen LogP contribution in [0.15, 0.2) is 68.6 Å². The van der Waals surface area contributed by atoms with Crippen molar-refractivity contribution < 1.29 is 31.0 Å². The van der Waals surface area contributed by atoms with E-state index < -0.39 is 25.1 Å². The number of phenols is 1. The minimum Gasteiger partial charge on any atom is -0.505 e. The fourth-order valence-electron chi connectivity index (χ4n) is 2.46. The molecule has 0 aliphatic rings. The summed E-state index contributed by atoms with van der Waals surface area (Å²) in [6, 6.07) is 9.81. The van der Waals surface area contributed by atoms with E-state index in [9.17, 15) is 26.5 Å². The average molecular weight is 423 g/mol. The van der Waals surface area contributed by atoms with Gasteiger partial charge in [0.1, 0.15) is 16.3 Å². The number of hydrogen-bond acceptors (Lipinski definition) is 8. The van der Waals surface area contributed by atoms with Gasteiger partial charge in [0.2, 0.25) is 0 Å². The third-order valence-corrected chi connectivity index (χ3v) is 5.52. The van der Waals surface area contributed by atoms with Crippen molar-refractivity contribution in [3.05, 3.63) is 48.5 Å². The molecule has 10 nitrogen and oxygen atoms in total. The topological polar surface area (TPSA) is 180 Å². The number of aromatic hydroxyl groups is 1. The Balaban J connectivity index is 2.09. The molecule has 0 bridgehead atoms. The molecule has 0 aliphatic heterocycles. The first-order valence-electron chi connectivity index (χ1n) is 7.49. The van der Waals surface area contributed by atoms with Crippen LogP contribution in [0.2, 0.25) is 0 Å². The summed E-state index contributed by atoms with van der Waals surface area (Å²) in [5, 5.41) is 18.4. The predicted octanol–water partition coefficient (Wildman–Crippen LogP) is 3.04. The van der Waals surface area contributed by atoms with Gasteiger partial charge in [-0.05, 0) is 47.9 Å². The molecule has 0 spiro atoms. The lowest BCUT2D eigenvalue weighted by Gasteiger charge is -2.06. The molecule has 0 atom stereocenters. The Kier molecular flexibility index (Phi) is 4.81. The second kappa shape index (κ2) is 6.83. The van der Waals surface area contributed by atoms with E-state index in [1.54, 1.807) is 0 Å². The first-order chi connectivity index (χ1) is 13.0. The van der Waals surface area contributed by atoms with Crippen molar-refractivity contribution in [2.45, 2.75) is 9.79 Å². The van der Waals surface area contributed by atoms with Crippen LogP contribution in [0.25, 0.3) is 10.8 Å². The molecule has 12 heteroatoms. The number of benzene rings is 3. The van der Waals surface area contributed by atoms with Gasteiger partial charge in [-0.1, -0.05) is 6.07 Å². The normalized spacial score (nSPS) is 12.6. The van der Waals surface area contributed by atoms with Crippen LogP contribution < -0.4 is 5.73 Å². The molecular formula is C16H13N3O7S2. The summed E-state index contributed by atoms with van der Waals surface area (Å²) in [5.41, 5.74) is 5.50. The molecule has 0 radical (unpaired) electrons. The van der Waals surface area contributed by atoms with E-state index in [0.717, 1.165) is 12.1 Å². The fraction of sp³-hybridized carbons (Fsp3) is 0. The summed E-state index contributed by atoms with van der Waals surface area (Å²) in [6.07, 6.45) is 0. The predicted molar refractivity (Wildman–Crippen MR) is 100 cm³/mol. The second-order valence-corrected chi connectivity index (χ2v) is 8.51.